The largest absolute Gasteiger partial charge is 0.522 e. The van der Waals surface area contributed by atoms with Gasteiger partial charge in [-0.1, -0.05) is 17.7 Å². The summed E-state index contributed by atoms with van der Waals surface area (Å²) in [5.41, 5.74) is 0.781. The second-order valence-electron chi connectivity index (χ2n) is 8.27. The van der Waals surface area contributed by atoms with E-state index in [-0.39, 0.29) is 35.2 Å². The van der Waals surface area contributed by atoms with Crippen molar-refractivity contribution in [1.29, 1.82) is 0 Å². The molecule has 1 amide bonds. The molecule has 11 heteroatoms. The Hall–Kier alpha value is -2.17. The molecule has 6 nitrogen and oxygen atoms in total. The summed E-state index contributed by atoms with van der Waals surface area (Å²) >= 11 is 5.72. The number of amides is 1. The van der Waals surface area contributed by atoms with Crippen LogP contribution in [0.5, 0.6) is 0 Å². The highest BCUT2D eigenvalue weighted by atomic mass is 35.5. The van der Waals surface area contributed by atoms with Crippen LogP contribution in [0, 0.1) is 5.82 Å². The fourth-order valence-electron chi connectivity index (χ4n) is 4.44. The van der Waals surface area contributed by atoms with Crippen LogP contribution >= 0.6 is 11.6 Å². The summed E-state index contributed by atoms with van der Waals surface area (Å²) < 4.78 is 60.8. The molecule has 3 saturated carbocycles. The maximum Gasteiger partial charge on any atom is 0.522 e. The Bertz CT molecular complexity index is 975. The van der Waals surface area contributed by atoms with Gasteiger partial charge < -0.3 is 14.6 Å². The first-order valence-electron chi connectivity index (χ1n) is 9.63. The highest BCUT2D eigenvalue weighted by molar-refractivity contribution is 6.30. The number of imidazole rings is 1. The van der Waals surface area contributed by atoms with E-state index >= 15 is 0 Å². The molecule has 3 aliphatic carbocycles. The number of nitrogens with one attached hydrogen (secondary N) is 1. The number of hydrogen-bond acceptors (Lipinski definition) is 4. The molecule has 1 aromatic carbocycles. The van der Waals surface area contributed by atoms with Crippen molar-refractivity contribution < 1.29 is 31.8 Å². The Balaban J connectivity index is 1.25. The summed E-state index contributed by atoms with van der Waals surface area (Å²) in [6.07, 6.45) is -0.259. The maximum absolute atomic E-state index is 13.7. The topological polar surface area (TPSA) is 65.4 Å². The van der Waals surface area contributed by atoms with Crippen LogP contribution in [0.25, 0.3) is 11.3 Å². The van der Waals surface area contributed by atoms with E-state index in [0.717, 1.165) is 0 Å². The van der Waals surface area contributed by atoms with E-state index in [1.165, 1.54) is 19.1 Å². The normalized spacial score (nSPS) is 25.5. The Kier molecular flexibility index (Phi) is 5.51. The van der Waals surface area contributed by atoms with E-state index in [4.69, 9.17) is 16.3 Å². The van der Waals surface area contributed by atoms with Crippen molar-refractivity contribution in [3.8, 4) is 11.3 Å². The van der Waals surface area contributed by atoms with Crippen LogP contribution in [0.2, 0.25) is 5.02 Å². The van der Waals surface area contributed by atoms with Crippen molar-refractivity contribution in [1.82, 2.24) is 14.9 Å². The Morgan fingerprint density at radius 2 is 2.06 bits per heavy atom. The molecule has 0 spiro atoms. The summed E-state index contributed by atoms with van der Waals surface area (Å²) in [6.45, 7) is 0.540. The fourth-order valence-corrected chi connectivity index (χ4v) is 4.56. The number of ether oxygens (including phenoxy) is 2. The molecule has 31 heavy (non-hydrogen) atoms. The Labute approximate surface area is 180 Å². The first-order valence-corrected chi connectivity index (χ1v) is 10.0. The molecule has 1 heterocycles. The predicted octanol–water partition coefficient (Wildman–Crippen LogP) is 4.03. The molecule has 1 aromatic heterocycles. The third-order valence-electron chi connectivity index (χ3n) is 5.67. The van der Waals surface area contributed by atoms with Gasteiger partial charge in [0.05, 0.1) is 35.3 Å². The lowest BCUT2D eigenvalue weighted by molar-refractivity contribution is -0.343. The van der Waals surface area contributed by atoms with Crippen LogP contribution in [0.15, 0.2) is 30.7 Å². The van der Waals surface area contributed by atoms with E-state index in [0.29, 0.717) is 30.5 Å². The highest BCUT2D eigenvalue weighted by Crippen LogP contribution is 2.65. The average molecular weight is 462 g/mol. The second-order valence-corrected chi connectivity index (χ2v) is 8.67. The molecule has 0 aliphatic heterocycles. The zero-order valence-electron chi connectivity index (χ0n) is 16.5. The number of hydrogen-bond donors (Lipinski definition) is 1. The minimum absolute atomic E-state index is 0.0478. The molecule has 168 valence electrons. The molecule has 1 unspecified atom stereocenters. The second kappa shape index (κ2) is 7.75. The Morgan fingerprint density at radius 1 is 1.35 bits per heavy atom. The van der Waals surface area contributed by atoms with Gasteiger partial charge >= 0.3 is 6.36 Å². The zero-order chi connectivity index (χ0) is 22.4. The molecule has 5 rings (SSSR count). The number of alkyl halides is 3. The van der Waals surface area contributed by atoms with Gasteiger partial charge in [-0.25, -0.2) is 9.37 Å². The monoisotopic (exact) mass is 461 g/mol. The third-order valence-corrected chi connectivity index (χ3v) is 5.98. The number of halogens is 5. The molecule has 3 fully saturated rings. The van der Waals surface area contributed by atoms with Crippen LogP contribution in [0.1, 0.15) is 26.2 Å². The SMILES string of the molecule is CC(COCC(=O)NC12CC(n3cnc(-c4ccc(Cl)c(F)c4)c3)(C1)C2)OC(F)(F)F. The number of benzene rings is 1. The summed E-state index contributed by atoms with van der Waals surface area (Å²) in [6, 6.07) is 4.51. The molecule has 3 aliphatic rings. The van der Waals surface area contributed by atoms with Gasteiger partial charge in [-0.15, -0.1) is 13.2 Å². The molecule has 2 aromatic rings. The number of nitrogens with zero attached hydrogens (tertiary/aromatic N) is 2. The molecule has 1 atom stereocenters. The lowest BCUT2D eigenvalue weighted by atomic mass is 9.44. The average Bonchev–Trinajstić information content (AvgIpc) is 3.07. The molecule has 0 radical (unpaired) electrons. The minimum Gasteiger partial charge on any atom is -0.369 e. The van der Waals surface area contributed by atoms with Gasteiger partial charge in [-0.3, -0.25) is 9.53 Å². The van der Waals surface area contributed by atoms with E-state index < -0.39 is 18.3 Å². The van der Waals surface area contributed by atoms with Gasteiger partial charge in [-0.05, 0) is 38.3 Å². The van der Waals surface area contributed by atoms with Crippen LogP contribution in [-0.2, 0) is 19.8 Å². The number of rotatable bonds is 8. The van der Waals surface area contributed by atoms with Crippen molar-refractivity contribution in [2.24, 2.45) is 0 Å². The van der Waals surface area contributed by atoms with Gasteiger partial charge in [0.2, 0.25) is 5.91 Å². The zero-order valence-corrected chi connectivity index (χ0v) is 17.3. The number of carbonyl (C=O) groups excluding carboxylic acids is 1. The van der Waals surface area contributed by atoms with Crippen LogP contribution in [0.3, 0.4) is 0 Å². The molecular formula is C20H20ClF4N3O3. The lowest BCUT2D eigenvalue weighted by Gasteiger charge is -2.70. The van der Waals surface area contributed by atoms with Gasteiger partial charge in [0, 0.05) is 17.3 Å². The van der Waals surface area contributed by atoms with E-state index in [1.54, 1.807) is 12.4 Å². The molecule has 0 saturated heterocycles. The highest BCUT2D eigenvalue weighted by Gasteiger charge is 2.69. The minimum atomic E-state index is -4.74. The predicted molar refractivity (Wildman–Crippen MR) is 103 cm³/mol. The van der Waals surface area contributed by atoms with Gasteiger partial charge in [0.15, 0.2) is 0 Å². The molecule has 1 N–H and O–H groups in total. The molecule has 2 bridgehead atoms. The van der Waals surface area contributed by atoms with E-state index in [1.807, 2.05) is 10.8 Å². The van der Waals surface area contributed by atoms with Gasteiger partial charge in [-0.2, -0.15) is 0 Å². The van der Waals surface area contributed by atoms with E-state index in [2.05, 4.69) is 15.0 Å². The van der Waals surface area contributed by atoms with Crippen molar-refractivity contribution >= 4 is 17.5 Å². The van der Waals surface area contributed by atoms with Crippen molar-refractivity contribution in [3.63, 3.8) is 0 Å². The van der Waals surface area contributed by atoms with Crippen molar-refractivity contribution in [2.75, 3.05) is 13.2 Å². The Morgan fingerprint density at radius 3 is 2.71 bits per heavy atom. The van der Waals surface area contributed by atoms with Gasteiger partial charge in [0.25, 0.3) is 0 Å². The third kappa shape index (κ3) is 4.56. The smallest absolute Gasteiger partial charge is 0.369 e. The summed E-state index contributed by atoms with van der Waals surface area (Å²) in [5.74, 6) is -0.891. The van der Waals surface area contributed by atoms with E-state index in [9.17, 15) is 22.4 Å². The number of aromatic nitrogens is 2. The summed E-state index contributed by atoms with van der Waals surface area (Å²) in [7, 11) is 0. The van der Waals surface area contributed by atoms with Crippen LogP contribution < -0.4 is 5.32 Å². The first kappa shape index (κ1) is 22.0. The summed E-state index contributed by atoms with van der Waals surface area (Å²) in [5, 5.41) is 2.95. The van der Waals surface area contributed by atoms with Crippen LogP contribution in [0.4, 0.5) is 17.6 Å². The number of carbonyl (C=O) groups is 1. The first-order chi connectivity index (χ1) is 14.5. The lowest BCUT2D eigenvalue weighted by Crippen LogP contribution is -2.78. The maximum atomic E-state index is 13.7. The molecular weight excluding hydrogens is 442 g/mol. The van der Waals surface area contributed by atoms with Crippen LogP contribution in [-0.4, -0.2) is 46.7 Å². The van der Waals surface area contributed by atoms with Crippen molar-refractivity contribution in [2.45, 2.75) is 49.7 Å². The summed E-state index contributed by atoms with van der Waals surface area (Å²) in [4.78, 5) is 16.4. The standard InChI is InChI=1S/C20H20ClF4N3O3/c1-12(31-20(23,24)25)6-30-7-17(29)27-18-8-19(9-18,10-18)28-5-16(26-11-28)13-2-3-14(21)15(22)4-13/h2-5,11-12H,6-10H2,1H3,(H,27,29). The van der Waals surface area contributed by atoms with Crippen molar-refractivity contribution in [3.05, 3.63) is 41.6 Å². The fraction of sp³-hybridized carbons (Fsp3) is 0.500. The van der Waals surface area contributed by atoms with Gasteiger partial charge in [0.1, 0.15) is 12.4 Å². The quantitative estimate of drug-likeness (QED) is 0.603.